The maximum Gasteiger partial charge on any atom is 0.250 e. The van der Waals surface area contributed by atoms with Crippen LogP contribution in [0, 0.1) is 0 Å². The van der Waals surface area contributed by atoms with E-state index < -0.39 is 17.6 Å². The molecule has 3 aliphatic heterocycles. The number of nitrogens with one attached hydrogen (secondary N) is 3. The van der Waals surface area contributed by atoms with Crippen LogP contribution < -0.4 is 20.9 Å². The molecular formula is C41H42Cl2N6O4. The van der Waals surface area contributed by atoms with Gasteiger partial charge in [0.05, 0.1) is 12.7 Å². The van der Waals surface area contributed by atoms with Gasteiger partial charge in [-0.3, -0.25) is 19.2 Å². The van der Waals surface area contributed by atoms with Crippen LogP contribution in [0.5, 0.6) is 0 Å². The van der Waals surface area contributed by atoms with E-state index in [1.165, 1.54) is 0 Å². The lowest BCUT2D eigenvalue weighted by atomic mass is 9.85. The van der Waals surface area contributed by atoms with Crippen molar-refractivity contribution in [3.8, 4) is 0 Å². The van der Waals surface area contributed by atoms with E-state index in [9.17, 15) is 19.2 Å². The Morgan fingerprint density at radius 2 is 1.55 bits per heavy atom. The second-order valence-electron chi connectivity index (χ2n) is 14.0. The zero-order valence-corrected chi connectivity index (χ0v) is 30.8. The summed E-state index contributed by atoms with van der Waals surface area (Å²) in [5.41, 5.74) is 3.90. The van der Waals surface area contributed by atoms with Crippen molar-refractivity contribution in [2.75, 3.05) is 31.2 Å². The third kappa shape index (κ3) is 8.20. The van der Waals surface area contributed by atoms with Crippen molar-refractivity contribution < 1.29 is 19.2 Å². The summed E-state index contributed by atoms with van der Waals surface area (Å²) in [5.74, 6) is -0.861. The molecule has 10 nitrogen and oxygen atoms in total. The van der Waals surface area contributed by atoms with Crippen LogP contribution in [0.25, 0.3) is 0 Å². The van der Waals surface area contributed by atoms with Gasteiger partial charge in [-0.2, -0.15) is 0 Å². The van der Waals surface area contributed by atoms with Crippen LogP contribution in [0.2, 0.25) is 10.0 Å². The Hall–Kier alpha value is -4.90. The summed E-state index contributed by atoms with van der Waals surface area (Å²) in [5, 5.41) is 10.4. The van der Waals surface area contributed by atoms with Crippen molar-refractivity contribution >= 4 is 52.5 Å². The first-order chi connectivity index (χ1) is 25.7. The maximum absolute atomic E-state index is 14.4. The molecule has 2 saturated heterocycles. The van der Waals surface area contributed by atoms with E-state index in [0.29, 0.717) is 42.4 Å². The third-order valence-corrected chi connectivity index (χ3v) is 11.1. The predicted molar refractivity (Wildman–Crippen MR) is 205 cm³/mol. The molecule has 2 fully saturated rings. The lowest BCUT2D eigenvalue weighted by Gasteiger charge is -2.44. The molecule has 7 rings (SSSR count). The molecule has 0 aliphatic carbocycles. The molecule has 274 valence electrons. The lowest BCUT2D eigenvalue weighted by molar-refractivity contribution is -0.141. The summed E-state index contributed by atoms with van der Waals surface area (Å²) >= 11 is 12.6. The Morgan fingerprint density at radius 3 is 2.28 bits per heavy atom. The number of amides is 4. The number of piperidine rings is 1. The fourth-order valence-electron chi connectivity index (χ4n) is 7.67. The zero-order valence-electron chi connectivity index (χ0n) is 29.3. The summed E-state index contributed by atoms with van der Waals surface area (Å²) < 4.78 is 0. The first kappa shape index (κ1) is 36.5. The van der Waals surface area contributed by atoms with Crippen molar-refractivity contribution in [2.24, 2.45) is 0 Å². The summed E-state index contributed by atoms with van der Waals surface area (Å²) in [4.78, 5) is 60.8. The quantitative estimate of drug-likeness (QED) is 0.216. The van der Waals surface area contributed by atoms with Crippen LogP contribution in [-0.2, 0) is 45.1 Å². The van der Waals surface area contributed by atoms with Gasteiger partial charge in [0.15, 0.2) is 0 Å². The smallest absolute Gasteiger partial charge is 0.250 e. The van der Waals surface area contributed by atoms with Gasteiger partial charge in [-0.05, 0) is 71.8 Å². The second kappa shape index (κ2) is 16.0. The molecule has 3 heterocycles. The Labute approximate surface area is 319 Å². The first-order valence-corrected chi connectivity index (χ1v) is 18.7. The molecule has 1 spiro atoms. The van der Waals surface area contributed by atoms with Crippen molar-refractivity contribution in [2.45, 2.75) is 56.4 Å². The number of halogens is 2. The minimum atomic E-state index is -0.977. The fourth-order valence-corrected chi connectivity index (χ4v) is 7.98. The first-order valence-electron chi connectivity index (χ1n) is 18.0. The Morgan fingerprint density at radius 1 is 0.830 bits per heavy atom. The van der Waals surface area contributed by atoms with E-state index >= 15 is 0 Å². The summed E-state index contributed by atoms with van der Waals surface area (Å²) in [6, 6.07) is 31.0. The van der Waals surface area contributed by atoms with E-state index in [1.54, 1.807) is 28.0 Å². The number of likely N-dealkylation sites (tertiary alicyclic amines) is 1. The summed E-state index contributed by atoms with van der Waals surface area (Å²) in [7, 11) is 0. The number of hydrogen-bond donors (Lipinski definition) is 3. The number of rotatable bonds is 10. The van der Waals surface area contributed by atoms with Crippen molar-refractivity contribution in [1.29, 1.82) is 0 Å². The molecule has 2 atom stereocenters. The number of carbonyl (C=O) groups excluding carboxylic acids is 4. The normalized spacial score (nSPS) is 18.4. The molecule has 0 unspecified atom stereocenters. The van der Waals surface area contributed by atoms with Gasteiger partial charge in [0.1, 0.15) is 18.1 Å². The maximum atomic E-state index is 14.4. The number of carbonyl (C=O) groups is 4. The average molecular weight is 754 g/mol. The molecule has 4 amide bonds. The van der Waals surface area contributed by atoms with Crippen LogP contribution in [0.4, 0.5) is 5.69 Å². The van der Waals surface area contributed by atoms with Gasteiger partial charge in [-0.15, -0.1) is 0 Å². The number of nitrogens with zero attached hydrogens (tertiary/aromatic N) is 3. The highest BCUT2D eigenvalue weighted by atomic mass is 35.5. The van der Waals surface area contributed by atoms with Crippen LogP contribution in [0.3, 0.4) is 0 Å². The Bertz CT molecular complexity index is 1970. The number of benzene rings is 4. The Balaban J connectivity index is 1.07. The highest BCUT2D eigenvalue weighted by Crippen LogP contribution is 2.40. The second-order valence-corrected chi connectivity index (χ2v) is 14.8. The van der Waals surface area contributed by atoms with E-state index in [4.69, 9.17) is 23.2 Å². The summed E-state index contributed by atoms with van der Waals surface area (Å²) in [6.07, 6.45) is 1.49. The van der Waals surface area contributed by atoms with Crippen LogP contribution in [-0.4, -0.2) is 77.4 Å². The molecule has 0 aromatic heterocycles. The molecular weight excluding hydrogens is 711 g/mol. The van der Waals surface area contributed by atoms with Gasteiger partial charge in [0, 0.05) is 48.3 Å². The minimum Gasteiger partial charge on any atom is -0.350 e. The van der Waals surface area contributed by atoms with Crippen molar-refractivity contribution in [1.82, 2.24) is 25.8 Å². The van der Waals surface area contributed by atoms with Crippen molar-refractivity contribution in [3.05, 3.63) is 135 Å². The van der Waals surface area contributed by atoms with E-state index in [-0.39, 0.29) is 56.4 Å². The van der Waals surface area contributed by atoms with Gasteiger partial charge >= 0.3 is 0 Å². The number of fused-ring (bicyclic) bond motifs is 1. The van der Waals surface area contributed by atoms with Gasteiger partial charge < -0.3 is 30.7 Å². The molecule has 53 heavy (non-hydrogen) atoms. The molecule has 12 heteroatoms. The topological polar surface area (TPSA) is 114 Å². The molecule has 4 aromatic carbocycles. The minimum absolute atomic E-state index is 0.0952. The summed E-state index contributed by atoms with van der Waals surface area (Å²) in [6.45, 7) is 1.62. The van der Waals surface area contributed by atoms with Crippen molar-refractivity contribution in [3.63, 3.8) is 0 Å². The number of anilines is 1. The number of hydrogen-bond acceptors (Lipinski definition) is 6. The SMILES string of the molecule is O=C(CN1CN(c2cccc(Cl)c2)C2(CCN(C(=O)[C@@H](Cc3ccc(Cl)cc3)NC(=O)[C@H]3Cc4ccccc4CN3)CC2)C1=O)NCc1ccccc1. The standard InChI is InChI=1S/C41H42Cl2N6O4/c42-32-15-13-28(14-16-32)21-36(46-38(51)35-22-30-9-4-5-10-31(30)25-44-35)39(52)47-19-17-41(18-20-47)40(53)48(27-49(41)34-12-6-11-33(43)23-34)26-37(50)45-24-29-7-2-1-3-8-29/h1-16,23,35-36,44H,17-22,24-27H2,(H,45,50)(H,46,51)/t35-,36-/m1/s1. The van der Waals surface area contributed by atoms with E-state index in [1.807, 2.05) is 83.8 Å². The third-order valence-electron chi connectivity index (χ3n) is 10.6. The molecule has 3 aliphatic rings. The highest BCUT2D eigenvalue weighted by molar-refractivity contribution is 6.31. The molecule has 0 saturated carbocycles. The molecule has 0 bridgehead atoms. The zero-order chi connectivity index (χ0) is 37.0. The van der Waals surface area contributed by atoms with Crippen LogP contribution in [0.15, 0.2) is 103 Å². The lowest BCUT2D eigenvalue weighted by Crippen LogP contribution is -2.60. The molecule has 4 aromatic rings. The van der Waals surface area contributed by atoms with E-state index in [2.05, 4.69) is 22.0 Å². The van der Waals surface area contributed by atoms with Gasteiger partial charge in [0.25, 0.3) is 5.91 Å². The van der Waals surface area contributed by atoms with Gasteiger partial charge in [-0.25, -0.2) is 0 Å². The largest absolute Gasteiger partial charge is 0.350 e. The molecule has 0 radical (unpaired) electrons. The van der Waals surface area contributed by atoms with Crippen LogP contribution in [0.1, 0.15) is 35.1 Å². The van der Waals surface area contributed by atoms with Gasteiger partial charge in [0.2, 0.25) is 17.7 Å². The Kier molecular flexibility index (Phi) is 11.0. The highest BCUT2D eigenvalue weighted by Gasteiger charge is 2.54. The molecule has 3 N–H and O–H groups in total. The fraction of sp³-hybridized carbons (Fsp3) is 0.317. The van der Waals surface area contributed by atoms with Crippen LogP contribution >= 0.6 is 23.2 Å². The van der Waals surface area contributed by atoms with Gasteiger partial charge in [-0.1, -0.05) is 96.0 Å². The predicted octanol–water partition coefficient (Wildman–Crippen LogP) is 4.72. The monoisotopic (exact) mass is 752 g/mol. The average Bonchev–Trinajstić information content (AvgIpc) is 3.44. The van der Waals surface area contributed by atoms with E-state index in [0.717, 1.165) is 27.9 Å².